The summed E-state index contributed by atoms with van der Waals surface area (Å²) >= 11 is 0. The van der Waals surface area contributed by atoms with Crippen LogP contribution in [-0.4, -0.2) is 11.7 Å². The lowest BCUT2D eigenvalue weighted by atomic mass is 9.79. The van der Waals surface area contributed by atoms with Crippen LogP contribution in [0.4, 0.5) is 5.69 Å². The smallest absolute Gasteiger partial charge is 0.144 e. The van der Waals surface area contributed by atoms with Gasteiger partial charge in [0.15, 0.2) is 0 Å². The molecule has 0 fully saturated rings. The van der Waals surface area contributed by atoms with E-state index in [-0.39, 0.29) is 10.8 Å². The summed E-state index contributed by atoms with van der Waals surface area (Å²) in [4.78, 5) is 0. The molecule has 0 amide bonds. The maximum Gasteiger partial charge on any atom is 0.144 e. The van der Waals surface area contributed by atoms with Gasteiger partial charge in [-0.05, 0) is 33.7 Å². The van der Waals surface area contributed by atoms with Crippen LogP contribution in [0.3, 0.4) is 0 Å². The zero-order chi connectivity index (χ0) is 18.4. The molecule has 2 aromatic rings. The van der Waals surface area contributed by atoms with Crippen LogP contribution in [0.1, 0.15) is 52.7 Å². The standard InChI is InChI=1S/C22H28N2O/c1-21(2,3)16-13-17(22(4,5)6)20(25)19(14-16)24-12-11-15-9-7-8-10-18(15)23-24/h7-11,13-14,25H,12H2,1-6H3. The first kappa shape index (κ1) is 17.5. The predicted molar refractivity (Wildman–Crippen MR) is 105 cm³/mol. The highest BCUT2D eigenvalue weighted by Crippen LogP contribution is 2.42. The fourth-order valence-electron chi connectivity index (χ4n) is 3.08. The van der Waals surface area contributed by atoms with E-state index < -0.39 is 0 Å². The van der Waals surface area contributed by atoms with E-state index in [1.807, 2.05) is 23.2 Å². The van der Waals surface area contributed by atoms with E-state index in [1.54, 1.807) is 0 Å². The van der Waals surface area contributed by atoms with Gasteiger partial charge in [-0.15, -0.1) is 0 Å². The lowest BCUT2D eigenvalue weighted by Crippen LogP contribution is -2.36. The highest BCUT2D eigenvalue weighted by Gasteiger charge is 2.27. The zero-order valence-electron chi connectivity index (χ0n) is 16.1. The summed E-state index contributed by atoms with van der Waals surface area (Å²) in [5, 5.41) is 19.7. The minimum absolute atomic E-state index is 0.000141. The Hall–Kier alpha value is -2.29. The van der Waals surface area contributed by atoms with Gasteiger partial charge in [0.1, 0.15) is 11.4 Å². The molecule has 3 rings (SSSR count). The SMILES string of the molecule is CC(C)(C)c1cc(N2CC=c3ccccc3=N2)c(O)c(C(C)(C)C)c1. The van der Waals surface area contributed by atoms with Gasteiger partial charge in [0, 0.05) is 5.56 Å². The largest absolute Gasteiger partial charge is 0.505 e. The van der Waals surface area contributed by atoms with Crippen molar-refractivity contribution in [1.82, 2.24) is 0 Å². The summed E-state index contributed by atoms with van der Waals surface area (Å²) in [5.74, 6) is 0.331. The number of anilines is 1. The first-order valence-corrected chi connectivity index (χ1v) is 8.87. The Morgan fingerprint density at radius 2 is 1.64 bits per heavy atom. The molecule has 0 spiro atoms. The summed E-state index contributed by atoms with van der Waals surface area (Å²) in [5.41, 5.74) is 2.81. The Balaban J connectivity index is 2.21. The molecule has 0 unspecified atom stereocenters. The molecule has 2 aromatic carbocycles. The Kier molecular flexibility index (Phi) is 4.14. The molecule has 132 valence electrons. The lowest BCUT2D eigenvalue weighted by Gasteiger charge is -2.30. The van der Waals surface area contributed by atoms with Crippen molar-refractivity contribution in [3.8, 4) is 5.75 Å². The summed E-state index contributed by atoms with van der Waals surface area (Å²) in [6.07, 6.45) is 2.16. The third-order valence-electron chi connectivity index (χ3n) is 4.69. The molecule has 0 saturated carbocycles. The quantitative estimate of drug-likeness (QED) is 0.859. The van der Waals surface area contributed by atoms with Gasteiger partial charge in [-0.2, -0.15) is 5.10 Å². The first-order chi connectivity index (χ1) is 11.6. The minimum Gasteiger partial charge on any atom is -0.505 e. The highest BCUT2D eigenvalue weighted by atomic mass is 16.3. The maximum absolute atomic E-state index is 11.0. The number of hydrogen-bond acceptors (Lipinski definition) is 3. The average molecular weight is 336 g/mol. The van der Waals surface area contributed by atoms with Crippen LogP contribution in [0.15, 0.2) is 41.5 Å². The number of nitrogens with zero attached hydrogens (tertiary/aromatic N) is 2. The molecular weight excluding hydrogens is 308 g/mol. The van der Waals surface area contributed by atoms with Crippen LogP contribution < -0.4 is 15.6 Å². The zero-order valence-corrected chi connectivity index (χ0v) is 16.1. The molecule has 1 aliphatic rings. The van der Waals surface area contributed by atoms with Gasteiger partial charge >= 0.3 is 0 Å². The molecule has 1 N–H and O–H groups in total. The number of phenols is 1. The monoisotopic (exact) mass is 336 g/mol. The van der Waals surface area contributed by atoms with E-state index in [0.29, 0.717) is 12.3 Å². The van der Waals surface area contributed by atoms with Gasteiger partial charge in [0.25, 0.3) is 0 Å². The van der Waals surface area contributed by atoms with E-state index in [1.165, 1.54) is 5.56 Å². The second kappa shape index (κ2) is 5.91. The summed E-state index contributed by atoms with van der Waals surface area (Å²) in [6, 6.07) is 12.3. The first-order valence-electron chi connectivity index (χ1n) is 8.87. The van der Waals surface area contributed by atoms with Crippen molar-refractivity contribution in [2.75, 3.05) is 11.6 Å². The van der Waals surface area contributed by atoms with Crippen LogP contribution in [0.5, 0.6) is 5.75 Å². The van der Waals surface area contributed by atoms with Crippen LogP contribution in [0.25, 0.3) is 6.08 Å². The second-order valence-electron chi connectivity index (χ2n) is 8.84. The van der Waals surface area contributed by atoms with E-state index in [0.717, 1.165) is 21.8 Å². The van der Waals surface area contributed by atoms with Crippen molar-refractivity contribution in [2.24, 2.45) is 5.10 Å². The van der Waals surface area contributed by atoms with Gasteiger partial charge in [-0.25, -0.2) is 0 Å². The maximum atomic E-state index is 11.0. The summed E-state index contributed by atoms with van der Waals surface area (Å²) < 4.78 is 0. The Labute approximate surface area is 150 Å². The summed E-state index contributed by atoms with van der Waals surface area (Å²) in [7, 11) is 0. The molecule has 1 heterocycles. The molecule has 0 bridgehead atoms. The third kappa shape index (κ3) is 3.41. The molecule has 0 aliphatic carbocycles. The van der Waals surface area contributed by atoms with Crippen molar-refractivity contribution in [1.29, 1.82) is 0 Å². The fraction of sp³-hybridized carbons (Fsp3) is 0.409. The Morgan fingerprint density at radius 1 is 0.960 bits per heavy atom. The van der Waals surface area contributed by atoms with E-state index in [4.69, 9.17) is 5.10 Å². The van der Waals surface area contributed by atoms with Crippen LogP contribution >= 0.6 is 0 Å². The van der Waals surface area contributed by atoms with Crippen LogP contribution in [0, 0.1) is 0 Å². The molecule has 3 heteroatoms. The van der Waals surface area contributed by atoms with E-state index in [9.17, 15) is 5.11 Å². The number of hydrogen-bond donors (Lipinski definition) is 1. The van der Waals surface area contributed by atoms with Gasteiger partial charge in [-0.3, -0.25) is 5.01 Å². The molecule has 0 atom stereocenters. The van der Waals surface area contributed by atoms with Crippen molar-refractivity contribution in [2.45, 2.75) is 52.4 Å². The minimum atomic E-state index is -0.141. The predicted octanol–water partition coefficient (Wildman–Crippen LogP) is 3.82. The van der Waals surface area contributed by atoms with Crippen LogP contribution in [0.2, 0.25) is 0 Å². The molecular formula is C22H28N2O. The second-order valence-corrected chi connectivity index (χ2v) is 8.84. The van der Waals surface area contributed by atoms with Gasteiger partial charge in [-0.1, -0.05) is 71.9 Å². The van der Waals surface area contributed by atoms with Crippen molar-refractivity contribution < 1.29 is 5.11 Å². The molecule has 0 radical (unpaired) electrons. The number of benzene rings is 2. The average Bonchev–Trinajstić information content (AvgIpc) is 2.52. The normalized spacial score (nSPS) is 14.6. The van der Waals surface area contributed by atoms with Gasteiger partial charge < -0.3 is 5.11 Å². The van der Waals surface area contributed by atoms with E-state index >= 15 is 0 Å². The Morgan fingerprint density at radius 3 is 2.28 bits per heavy atom. The van der Waals surface area contributed by atoms with Gasteiger partial charge in [0.2, 0.25) is 0 Å². The van der Waals surface area contributed by atoms with Gasteiger partial charge in [0.05, 0.1) is 11.9 Å². The number of phenolic OH excluding ortho intramolecular Hbond substituents is 1. The Bertz CT molecular complexity index is 915. The van der Waals surface area contributed by atoms with Crippen LogP contribution in [-0.2, 0) is 10.8 Å². The molecule has 1 aliphatic heterocycles. The molecule has 25 heavy (non-hydrogen) atoms. The number of rotatable bonds is 1. The third-order valence-corrected chi connectivity index (χ3v) is 4.69. The highest BCUT2D eigenvalue weighted by molar-refractivity contribution is 5.66. The number of aromatic hydroxyl groups is 1. The summed E-state index contributed by atoms with van der Waals surface area (Å²) in [6.45, 7) is 13.6. The fourth-order valence-corrected chi connectivity index (χ4v) is 3.08. The molecule has 3 nitrogen and oxygen atoms in total. The topological polar surface area (TPSA) is 35.8 Å². The molecule has 0 aromatic heterocycles. The number of fused-ring (bicyclic) bond motifs is 1. The van der Waals surface area contributed by atoms with E-state index in [2.05, 4.69) is 65.8 Å². The molecule has 0 saturated heterocycles. The van der Waals surface area contributed by atoms with Crippen molar-refractivity contribution in [3.63, 3.8) is 0 Å². The van der Waals surface area contributed by atoms with Crippen molar-refractivity contribution in [3.05, 3.63) is 58.1 Å². The lowest BCUT2D eigenvalue weighted by molar-refractivity contribution is 0.444. The van der Waals surface area contributed by atoms with Crippen molar-refractivity contribution >= 4 is 11.8 Å².